The fourth-order valence-corrected chi connectivity index (χ4v) is 3.15. The molecule has 0 heterocycles. The molecular weight excluding hydrogens is 326 g/mol. The minimum Gasteiger partial charge on any atom is -0.495 e. The summed E-state index contributed by atoms with van der Waals surface area (Å²) in [6.07, 6.45) is 0. The summed E-state index contributed by atoms with van der Waals surface area (Å²) in [6, 6.07) is 9.51. The first kappa shape index (κ1) is 16.5. The normalized spacial score (nSPS) is 11.1. The summed E-state index contributed by atoms with van der Waals surface area (Å²) in [4.78, 5) is 0.161. The number of hydrogen-bond acceptors (Lipinski definition) is 4. The van der Waals surface area contributed by atoms with Crippen molar-refractivity contribution in [3.8, 4) is 11.5 Å². The van der Waals surface area contributed by atoms with Gasteiger partial charge in [-0.25, -0.2) is 8.42 Å². The van der Waals surface area contributed by atoms with Gasteiger partial charge in [-0.2, -0.15) is 0 Å². The van der Waals surface area contributed by atoms with Crippen molar-refractivity contribution in [1.29, 1.82) is 0 Å². The van der Waals surface area contributed by atoms with E-state index in [1.54, 1.807) is 12.1 Å². The standard InChI is InChI=1S/C15H16ClNO4S/c1-10-4-6-11(7-5-10)22(18,19)17-13-9-14(20-2)12(16)8-15(13)21-3/h4-9,17H,1-3H3. The van der Waals surface area contributed by atoms with Crippen molar-refractivity contribution in [2.75, 3.05) is 18.9 Å². The molecule has 0 bridgehead atoms. The van der Waals surface area contributed by atoms with Gasteiger partial charge in [0.05, 0.1) is 29.8 Å². The van der Waals surface area contributed by atoms with Crippen molar-refractivity contribution in [2.24, 2.45) is 0 Å². The van der Waals surface area contributed by atoms with Crippen LogP contribution in [0.5, 0.6) is 11.5 Å². The largest absolute Gasteiger partial charge is 0.495 e. The monoisotopic (exact) mass is 341 g/mol. The number of nitrogens with one attached hydrogen (secondary N) is 1. The molecule has 0 saturated heterocycles. The molecule has 5 nitrogen and oxygen atoms in total. The van der Waals surface area contributed by atoms with E-state index in [-0.39, 0.29) is 10.6 Å². The van der Waals surface area contributed by atoms with E-state index < -0.39 is 10.0 Å². The lowest BCUT2D eigenvalue weighted by Crippen LogP contribution is -2.13. The summed E-state index contributed by atoms with van der Waals surface area (Å²) in [7, 11) is -0.846. The maximum Gasteiger partial charge on any atom is 0.262 e. The van der Waals surface area contributed by atoms with E-state index in [1.807, 2.05) is 6.92 Å². The highest BCUT2D eigenvalue weighted by atomic mass is 35.5. The van der Waals surface area contributed by atoms with Crippen LogP contribution in [0.25, 0.3) is 0 Å². The second kappa shape index (κ2) is 6.46. The Labute approximate surface area is 134 Å². The Morgan fingerprint density at radius 2 is 1.59 bits per heavy atom. The number of ether oxygens (including phenoxy) is 2. The lowest BCUT2D eigenvalue weighted by molar-refractivity contribution is 0.405. The van der Waals surface area contributed by atoms with E-state index in [0.717, 1.165) is 5.56 Å². The van der Waals surface area contributed by atoms with Crippen LogP contribution in [0.3, 0.4) is 0 Å². The molecule has 0 aliphatic rings. The number of rotatable bonds is 5. The van der Waals surface area contributed by atoms with Crippen LogP contribution in [0.4, 0.5) is 5.69 Å². The van der Waals surface area contributed by atoms with Gasteiger partial charge in [0.25, 0.3) is 10.0 Å². The topological polar surface area (TPSA) is 64.6 Å². The third-order valence-corrected chi connectivity index (χ3v) is 4.73. The van der Waals surface area contributed by atoms with Crippen LogP contribution in [0.2, 0.25) is 5.02 Å². The highest BCUT2D eigenvalue weighted by molar-refractivity contribution is 7.92. The van der Waals surface area contributed by atoms with Crippen LogP contribution in [-0.2, 0) is 10.0 Å². The lowest BCUT2D eigenvalue weighted by Gasteiger charge is -2.14. The van der Waals surface area contributed by atoms with Crippen LogP contribution >= 0.6 is 11.6 Å². The number of anilines is 1. The van der Waals surface area contributed by atoms with E-state index in [0.29, 0.717) is 16.5 Å². The van der Waals surface area contributed by atoms with Gasteiger partial charge in [0.1, 0.15) is 11.5 Å². The molecule has 0 atom stereocenters. The quantitative estimate of drug-likeness (QED) is 0.904. The predicted molar refractivity (Wildman–Crippen MR) is 86.5 cm³/mol. The zero-order valence-electron chi connectivity index (χ0n) is 12.4. The first-order chi connectivity index (χ1) is 10.4. The summed E-state index contributed by atoms with van der Waals surface area (Å²) in [6.45, 7) is 1.89. The zero-order chi connectivity index (χ0) is 16.3. The SMILES string of the molecule is COc1cc(NS(=O)(=O)c2ccc(C)cc2)c(OC)cc1Cl. The first-order valence-electron chi connectivity index (χ1n) is 6.38. The van der Waals surface area contributed by atoms with Gasteiger partial charge in [-0.1, -0.05) is 29.3 Å². The molecular formula is C15H16ClNO4S. The summed E-state index contributed by atoms with van der Waals surface area (Å²) in [5, 5.41) is 0.331. The summed E-state index contributed by atoms with van der Waals surface area (Å²) in [5.41, 5.74) is 1.23. The van der Waals surface area contributed by atoms with Crippen LogP contribution in [0.1, 0.15) is 5.56 Å². The summed E-state index contributed by atoms with van der Waals surface area (Å²) < 4.78 is 37.6. The van der Waals surface area contributed by atoms with Crippen molar-refractivity contribution in [1.82, 2.24) is 0 Å². The van der Waals surface area contributed by atoms with Gasteiger partial charge in [0.2, 0.25) is 0 Å². The van der Waals surface area contributed by atoms with Crippen molar-refractivity contribution in [3.63, 3.8) is 0 Å². The minimum atomic E-state index is -3.73. The van der Waals surface area contributed by atoms with Gasteiger partial charge in [-0.05, 0) is 19.1 Å². The van der Waals surface area contributed by atoms with Gasteiger partial charge in [0.15, 0.2) is 0 Å². The van der Waals surface area contributed by atoms with Crippen LogP contribution in [0, 0.1) is 6.92 Å². The molecule has 0 aromatic heterocycles. The van der Waals surface area contributed by atoms with Crippen molar-refractivity contribution < 1.29 is 17.9 Å². The third kappa shape index (κ3) is 3.45. The maximum absolute atomic E-state index is 12.4. The minimum absolute atomic E-state index is 0.161. The highest BCUT2D eigenvalue weighted by Crippen LogP contribution is 2.36. The Balaban J connectivity index is 2.42. The number of aryl methyl sites for hydroxylation is 1. The fraction of sp³-hybridized carbons (Fsp3) is 0.200. The van der Waals surface area contributed by atoms with Crippen LogP contribution in [-0.4, -0.2) is 22.6 Å². The Morgan fingerprint density at radius 1 is 1.00 bits per heavy atom. The molecule has 1 N–H and O–H groups in total. The highest BCUT2D eigenvalue weighted by Gasteiger charge is 2.18. The Bertz CT molecular complexity index is 773. The molecule has 0 radical (unpaired) electrons. The molecule has 0 aliphatic carbocycles. The van der Waals surface area contributed by atoms with E-state index in [2.05, 4.69) is 4.72 Å². The Kier molecular flexibility index (Phi) is 4.83. The molecule has 0 fully saturated rings. The van der Waals surface area contributed by atoms with Gasteiger partial charge in [0, 0.05) is 12.1 Å². The lowest BCUT2D eigenvalue weighted by atomic mass is 10.2. The molecule has 0 saturated carbocycles. The van der Waals surface area contributed by atoms with Crippen LogP contribution in [0.15, 0.2) is 41.3 Å². The summed E-state index contributed by atoms with van der Waals surface area (Å²) >= 11 is 6.00. The zero-order valence-corrected chi connectivity index (χ0v) is 14.0. The number of halogens is 1. The number of hydrogen-bond donors (Lipinski definition) is 1. The second-order valence-electron chi connectivity index (χ2n) is 4.61. The number of methoxy groups -OCH3 is 2. The molecule has 7 heteroatoms. The van der Waals surface area contributed by atoms with E-state index in [9.17, 15) is 8.42 Å². The Morgan fingerprint density at radius 3 is 2.14 bits per heavy atom. The Hall–Kier alpha value is -1.92. The molecule has 0 spiro atoms. The van der Waals surface area contributed by atoms with E-state index in [4.69, 9.17) is 21.1 Å². The van der Waals surface area contributed by atoms with Gasteiger partial charge in [-0.3, -0.25) is 4.72 Å². The molecule has 118 valence electrons. The molecule has 2 aromatic carbocycles. The van der Waals surface area contributed by atoms with Crippen molar-refractivity contribution in [3.05, 3.63) is 47.0 Å². The number of benzene rings is 2. The molecule has 0 amide bonds. The average molecular weight is 342 g/mol. The fourth-order valence-electron chi connectivity index (χ4n) is 1.86. The first-order valence-corrected chi connectivity index (χ1v) is 8.24. The summed E-state index contributed by atoms with van der Waals surface area (Å²) in [5.74, 6) is 0.658. The van der Waals surface area contributed by atoms with Gasteiger partial charge >= 0.3 is 0 Å². The van der Waals surface area contributed by atoms with Crippen molar-refractivity contribution >= 4 is 27.3 Å². The number of sulfonamides is 1. The van der Waals surface area contributed by atoms with E-state index in [1.165, 1.54) is 38.5 Å². The average Bonchev–Trinajstić information content (AvgIpc) is 2.48. The molecule has 0 aliphatic heterocycles. The predicted octanol–water partition coefficient (Wildman–Crippen LogP) is 3.47. The molecule has 2 aromatic rings. The van der Waals surface area contributed by atoms with Gasteiger partial charge in [-0.15, -0.1) is 0 Å². The third-order valence-electron chi connectivity index (χ3n) is 3.05. The smallest absolute Gasteiger partial charge is 0.262 e. The molecule has 22 heavy (non-hydrogen) atoms. The maximum atomic E-state index is 12.4. The second-order valence-corrected chi connectivity index (χ2v) is 6.70. The molecule has 0 unspecified atom stereocenters. The van der Waals surface area contributed by atoms with Gasteiger partial charge < -0.3 is 9.47 Å². The van der Waals surface area contributed by atoms with Crippen molar-refractivity contribution in [2.45, 2.75) is 11.8 Å². The molecule has 2 rings (SSSR count). The van der Waals surface area contributed by atoms with Crippen LogP contribution < -0.4 is 14.2 Å². The van der Waals surface area contributed by atoms with E-state index >= 15 is 0 Å².